The van der Waals surface area contributed by atoms with Crippen LogP contribution in [0.15, 0.2) is 48.5 Å². The average Bonchev–Trinajstić information content (AvgIpc) is 2.61. The van der Waals surface area contributed by atoms with Crippen LogP contribution in [-0.2, 0) is 14.8 Å². The second kappa shape index (κ2) is 8.43. The maximum atomic E-state index is 12.5. The van der Waals surface area contributed by atoms with E-state index < -0.39 is 16.1 Å². The number of para-hydroxylation sites is 1. The molecule has 6 nitrogen and oxygen atoms in total. The predicted molar refractivity (Wildman–Crippen MR) is 109 cm³/mol. The predicted octanol–water partition coefficient (Wildman–Crippen LogP) is 3.61. The van der Waals surface area contributed by atoms with Gasteiger partial charge in [-0.05, 0) is 48.7 Å². The van der Waals surface area contributed by atoms with Crippen LogP contribution in [0.4, 0.5) is 11.4 Å². The molecule has 0 heterocycles. The molecular formula is C20H26N2O4S. The average molecular weight is 391 g/mol. The molecule has 0 aromatic heterocycles. The summed E-state index contributed by atoms with van der Waals surface area (Å²) in [6.07, 6.45) is 0.433. The first-order valence-electron chi connectivity index (χ1n) is 8.70. The van der Waals surface area contributed by atoms with Gasteiger partial charge < -0.3 is 10.1 Å². The van der Waals surface area contributed by atoms with Gasteiger partial charge in [0.25, 0.3) is 5.91 Å². The summed E-state index contributed by atoms with van der Waals surface area (Å²) in [5, 5.41) is 2.91. The van der Waals surface area contributed by atoms with E-state index in [1.54, 1.807) is 31.2 Å². The van der Waals surface area contributed by atoms with Gasteiger partial charge in [0.2, 0.25) is 10.0 Å². The van der Waals surface area contributed by atoms with Gasteiger partial charge in [0.1, 0.15) is 5.75 Å². The lowest BCUT2D eigenvalue weighted by Crippen LogP contribution is -2.30. The number of benzene rings is 2. The summed E-state index contributed by atoms with van der Waals surface area (Å²) in [7, 11) is -1.84. The van der Waals surface area contributed by atoms with E-state index in [0.717, 1.165) is 17.5 Å². The molecule has 2 rings (SSSR count). The number of hydrogen-bond donors (Lipinski definition) is 1. The molecule has 0 aliphatic heterocycles. The first kappa shape index (κ1) is 20.8. The molecule has 1 atom stereocenters. The first-order chi connectivity index (χ1) is 12.6. The molecule has 0 unspecified atom stereocenters. The molecule has 0 saturated carbocycles. The van der Waals surface area contributed by atoms with Gasteiger partial charge in [-0.2, -0.15) is 0 Å². The van der Waals surface area contributed by atoms with Crippen molar-refractivity contribution in [1.82, 2.24) is 0 Å². The van der Waals surface area contributed by atoms with Crippen molar-refractivity contribution in [3.63, 3.8) is 0 Å². The van der Waals surface area contributed by atoms with Crippen molar-refractivity contribution in [2.24, 2.45) is 0 Å². The lowest BCUT2D eigenvalue weighted by molar-refractivity contribution is -0.122. The van der Waals surface area contributed by atoms with Crippen molar-refractivity contribution in [3.05, 3.63) is 54.1 Å². The summed E-state index contributed by atoms with van der Waals surface area (Å²) in [6, 6.07) is 14.2. The first-order valence-corrected chi connectivity index (χ1v) is 10.5. The van der Waals surface area contributed by atoms with Crippen LogP contribution >= 0.6 is 0 Å². The maximum Gasteiger partial charge on any atom is 0.265 e. The number of ether oxygens (including phenoxy) is 1. The zero-order chi connectivity index (χ0) is 20.2. The van der Waals surface area contributed by atoms with Crippen molar-refractivity contribution in [2.45, 2.75) is 32.8 Å². The molecule has 0 saturated heterocycles. The minimum Gasteiger partial charge on any atom is -0.481 e. The Hall–Kier alpha value is -2.54. The Morgan fingerprint density at radius 1 is 1.04 bits per heavy atom. The van der Waals surface area contributed by atoms with Crippen LogP contribution in [0.25, 0.3) is 0 Å². The van der Waals surface area contributed by atoms with E-state index in [-0.39, 0.29) is 11.8 Å². The normalized spacial score (nSPS) is 12.5. The van der Waals surface area contributed by atoms with Gasteiger partial charge in [-0.25, -0.2) is 8.42 Å². The Bertz CT molecular complexity index is 892. The van der Waals surface area contributed by atoms with E-state index in [9.17, 15) is 13.2 Å². The number of rotatable bonds is 7. The van der Waals surface area contributed by atoms with Crippen LogP contribution in [0, 0.1) is 0 Å². The second-order valence-electron chi connectivity index (χ2n) is 6.72. The van der Waals surface area contributed by atoms with E-state index in [2.05, 4.69) is 19.2 Å². The number of sulfonamides is 1. The topological polar surface area (TPSA) is 75.7 Å². The molecule has 0 aliphatic carbocycles. The zero-order valence-corrected chi connectivity index (χ0v) is 17.1. The fraction of sp³-hybridized carbons (Fsp3) is 0.350. The fourth-order valence-corrected chi connectivity index (χ4v) is 3.04. The SMILES string of the molecule is CC(C)c1ccccc1NC(=O)[C@@H](C)Oc1ccc(N(C)S(C)(=O)=O)cc1. The molecule has 0 spiro atoms. The summed E-state index contributed by atoms with van der Waals surface area (Å²) in [4.78, 5) is 12.5. The summed E-state index contributed by atoms with van der Waals surface area (Å²) in [5.74, 6) is 0.526. The highest BCUT2D eigenvalue weighted by molar-refractivity contribution is 7.92. The Morgan fingerprint density at radius 3 is 2.19 bits per heavy atom. The molecular weight excluding hydrogens is 364 g/mol. The minimum atomic E-state index is -3.32. The number of carbonyl (C=O) groups excluding carboxylic acids is 1. The van der Waals surface area contributed by atoms with Crippen LogP contribution in [0.3, 0.4) is 0 Å². The van der Waals surface area contributed by atoms with Crippen molar-refractivity contribution >= 4 is 27.3 Å². The van der Waals surface area contributed by atoms with Gasteiger partial charge in [0.05, 0.1) is 11.9 Å². The largest absolute Gasteiger partial charge is 0.481 e. The molecule has 1 amide bonds. The summed E-state index contributed by atoms with van der Waals surface area (Å²) < 4.78 is 30.0. The highest BCUT2D eigenvalue weighted by Crippen LogP contribution is 2.25. The third kappa shape index (κ3) is 5.47. The summed E-state index contributed by atoms with van der Waals surface area (Å²) >= 11 is 0. The number of hydrogen-bond acceptors (Lipinski definition) is 4. The van der Waals surface area contributed by atoms with E-state index >= 15 is 0 Å². The van der Waals surface area contributed by atoms with Gasteiger partial charge in [-0.1, -0.05) is 32.0 Å². The van der Waals surface area contributed by atoms with Gasteiger partial charge >= 0.3 is 0 Å². The van der Waals surface area contributed by atoms with Crippen molar-refractivity contribution < 1.29 is 17.9 Å². The third-order valence-electron chi connectivity index (χ3n) is 4.22. The monoisotopic (exact) mass is 390 g/mol. The minimum absolute atomic E-state index is 0.250. The van der Waals surface area contributed by atoms with Crippen LogP contribution < -0.4 is 14.4 Å². The Balaban J connectivity index is 2.05. The molecule has 0 radical (unpaired) electrons. The van der Waals surface area contributed by atoms with Crippen molar-refractivity contribution in [3.8, 4) is 5.75 Å². The third-order valence-corrected chi connectivity index (χ3v) is 5.43. The van der Waals surface area contributed by atoms with Crippen molar-refractivity contribution in [2.75, 3.05) is 22.9 Å². The molecule has 2 aromatic rings. The van der Waals surface area contributed by atoms with Gasteiger partial charge in [-0.15, -0.1) is 0 Å². The quantitative estimate of drug-likeness (QED) is 0.784. The number of amides is 1. The number of anilines is 2. The Labute approximate surface area is 161 Å². The standard InChI is InChI=1S/C20H26N2O4S/c1-14(2)18-8-6-7-9-19(18)21-20(23)15(3)26-17-12-10-16(11-13-17)22(4)27(5,24)25/h6-15H,1-5H3,(H,21,23)/t15-/m1/s1. The highest BCUT2D eigenvalue weighted by Gasteiger charge is 2.17. The zero-order valence-electron chi connectivity index (χ0n) is 16.3. The van der Waals surface area contributed by atoms with Crippen LogP contribution in [0.5, 0.6) is 5.75 Å². The summed E-state index contributed by atoms with van der Waals surface area (Å²) in [5.41, 5.74) is 2.36. The molecule has 0 fully saturated rings. The number of nitrogens with one attached hydrogen (secondary N) is 1. The van der Waals surface area contributed by atoms with Crippen LogP contribution in [-0.4, -0.2) is 33.7 Å². The van der Waals surface area contributed by atoms with Crippen LogP contribution in [0.1, 0.15) is 32.3 Å². The summed E-state index contributed by atoms with van der Waals surface area (Å²) in [6.45, 7) is 5.81. The van der Waals surface area contributed by atoms with Gasteiger partial charge in [-0.3, -0.25) is 9.10 Å². The lowest BCUT2D eigenvalue weighted by atomic mass is 10.0. The molecule has 1 N–H and O–H groups in total. The van der Waals surface area contributed by atoms with E-state index in [1.807, 2.05) is 24.3 Å². The number of nitrogens with zero attached hydrogens (tertiary/aromatic N) is 1. The van der Waals surface area contributed by atoms with Crippen LogP contribution in [0.2, 0.25) is 0 Å². The van der Waals surface area contributed by atoms with Crippen molar-refractivity contribution in [1.29, 1.82) is 0 Å². The van der Waals surface area contributed by atoms with E-state index in [0.29, 0.717) is 11.4 Å². The Kier molecular flexibility index (Phi) is 6.49. The highest BCUT2D eigenvalue weighted by atomic mass is 32.2. The fourth-order valence-electron chi connectivity index (χ4n) is 2.53. The van der Waals surface area contributed by atoms with E-state index in [4.69, 9.17) is 4.74 Å². The molecule has 0 aliphatic rings. The van der Waals surface area contributed by atoms with Gasteiger partial charge in [0.15, 0.2) is 6.10 Å². The molecule has 7 heteroatoms. The lowest BCUT2D eigenvalue weighted by Gasteiger charge is -2.19. The molecule has 146 valence electrons. The van der Waals surface area contributed by atoms with E-state index in [1.165, 1.54) is 11.4 Å². The smallest absolute Gasteiger partial charge is 0.265 e. The Morgan fingerprint density at radius 2 is 1.63 bits per heavy atom. The second-order valence-corrected chi connectivity index (χ2v) is 8.73. The molecule has 27 heavy (non-hydrogen) atoms. The van der Waals surface area contributed by atoms with Gasteiger partial charge in [0, 0.05) is 12.7 Å². The maximum absolute atomic E-state index is 12.5. The molecule has 0 bridgehead atoms. The number of carbonyl (C=O) groups is 1. The molecule has 2 aromatic carbocycles.